The minimum atomic E-state index is 1.24. The summed E-state index contributed by atoms with van der Waals surface area (Å²) >= 11 is 2.97. The van der Waals surface area contributed by atoms with Gasteiger partial charge in [-0.3, -0.25) is 0 Å². The van der Waals surface area contributed by atoms with Crippen molar-refractivity contribution in [3.8, 4) is 0 Å². The Morgan fingerprint density at radius 3 is 2.25 bits per heavy atom. The summed E-state index contributed by atoms with van der Waals surface area (Å²) < 4.78 is 1.24. The molecular weight excluding hydrogens is 163 g/mol. The van der Waals surface area contributed by atoms with Crippen LogP contribution in [0.3, 0.4) is 0 Å². The van der Waals surface area contributed by atoms with E-state index in [-0.39, 0.29) is 0 Å². The molecule has 0 amide bonds. The summed E-state index contributed by atoms with van der Waals surface area (Å²) in [5.74, 6) is 0. The van der Waals surface area contributed by atoms with Crippen molar-refractivity contribution in [2.75, 3.05) is 0 Å². The summed E-state index contributed by atoms with van der Waals surface area (Å²) in [4.78, 5) is 0. The van der Waals surface area contributed by atoms with Gasteiger partial charge in [-0.15, -0.1) is 0 Å². The summed E-state index contributed by atoms with van der Waals surface area (Å²) in [7, 11) is 0. The molecular formula is C7H7Se-. The van der Waals surface area contributed by atoms with Crippen LogP contribution in [0.4, 0.5) is 0 Å². The zero-order valence-electron chi connectivity index (χ0n) is 4.72. The van der Waals surface area contributed by atoms with Crippen LogP contribution < -0.4 is 4.46 Å². The predicted octanol–water partition coefficient (Wildman–Crippen LogP) is 0.789. The van der Waals surface area contributed by atoms with Crippen molar-refractivity contribution in [3.63, 3.8) is 0 Å². The van der Waals surface area contributed by atoms with Gasteiger partial charge in [0.1, 0.15) is 0 Å². The number of hydrogen-bond donors (Lipinski definition) is 0. The maximum atomic E-state index is 2.97. The van der Waals surface area contributed by atoms with Crippen LogP contribution in [0.25, 0.3) is 0 Å². The molecule has 0 bridgehead atoms. The molecule has 0 unspecified atom stereocenters. The summed E-state index contributed by atoms with van der Waals surface area (Å²) in [6.45, 7) is 2.09. The Morgan fingerprint density at radius 1 is 1.25 bits per heavy atom. The third kappa shape index (κ3) is 1.12. The van der Waals surface area contributed by atoms with E-state index in [1.54, 1.807) is 0 Å². The SMILES string of the molecule is Cc1ccccc1[Se-]. The van der Waals surface area contributed by atoms with E-state index in [1.807, 2.05) is 12.1 Å². The van der Waals surface area contributed by atoms with Crippen LogP contribution in [0.15, 0.2) is 24.3 Å². The predicted molar refractivity (Wildman–Crippen MR) is 36.6 cm³/mol. The van der Waals surface area contributed by atoms with Crippen molar-refractivity contribution in [2.24, 2.45) is 0 Å². The topological polar surface area (TPSA) is 0 Å². The van der Waals surface area contributed by atoms with E-state index in [0.29, 0.717) is 0 Å². The fourth-order valence-electron chi connectivity index (χ4n) is 0.556. The molecule has 0 heterocycles. The maximum absolute atomic E-state index is 2.97. The first-order valence-electron chi connectivity index (χ1n) is 2.53. The molecule has 0 saturated heterocycles. The van der Waals surface area contributed by atoms with Crippen LogP contribution in [0.5, 0.6) is 0 Å². The van der Waals surface area contributed by atoms with Crippen LogP contribution in [0.2, 0.25) is 0 Å². The molecule has 0 aliphatic carbocycles. The molecule has 0 radical (unpaired) electrons. The van der Waals surface area contributed by atoms with Crippen molar-refractivity contribution in [1.82, 2.24) is 0 Å². The van der Waals surface area contributed by atoms with E-state index in [2.05, 4.69) is 35.1 Å². The first-order chi connectivity index (χ1) is 3.80. The van der Waals surface area contributed by atoms with Crippen LogP contribution in [-0.4, -0.2) is 16.0 Å². The molecule has 0 aromatic heterocycles. The van der Waals surface area contributed by atoms with Gasteiger partial charge in [0.15, 0.2) is 0 Å². The summed E-state index contributed by atoms with van der Waals surface area (Å²) in [6.07, 6.45) is 0. The first-order valence-corrected chi connectivity index (χ1v) is 3.39. The van der Waals surface area contributed by atoms with E-state index in [1.165, 1.54) is 10.0 Å². The van der Waals surface area contributed by atoms with Gasteiger partial charge in [0.05, 0.1) is 0 Å². The zero-order chi connectivity index (χ0) is 5.98. The second-order valence-electron chi connectivity index (χ2n) is 1.77. The average molecular weight is 170 g/mol. The van der Waals surface area contributed by atoms with Crippen molar-refractivity contribution in [3.05, 3.63) is 29.8 Å². The molecule has 1 aromatic carbocycles. The fraction of sp³-hybridized carbons (Fsp3) is 0.143. The Balaban J connectivity index is 3.13. The third-order valence-electron chi connectivity index (χ3n) is 1.09. The van der Waals surface area contributed by atoms with Gasteiger partial charge in [0, 0.05) is 0 Å². The van der Waals surface area contributed by atoms with E-state index in [4.69, 9.17) is 0 Å². The van der Waals surface area contributed by atoms with Crippen LogP contribution >= 0.6 is 0 Å². The molecule has 8 heavy (non-hydrogen) atoms. The molecule has 0 fully saturated rings. The van der Waals surface area contributed by atoms with Crippen LogP contribution in [-0.2, 0) is 0 Å². The minimum absolute atomic E-state index is 1.24. The normalized spacial score (nSPS) is 9.12. The summed E-state index contributed by atoms with van der Waals surface area (Å²) in [5, 5.41) is 0. The van der Waals surface area contributed by atoms with Crippen molar-refractivity contribution < 1.29 is 0 Å². The van der Waals surface area contributed by atoms with Crippen LogP contribution in [0.1, 0.15) is 5.56 Å². The molecule has 0 aliphatic heterocycles. The molecule has 0 nitrogen and oxygen atoms in total. The quantitative estimate of drug-likeness (QED) is 0.505. The summed E-state index contributed by atoms with van der Waals surface area (Å²) in [6, 6.07) is 8.22. The van der Waals surface area contributed by atoms with E-state index < -0.39 is 0 Å². The zero-order valence-corrected chi connectivity index (χ0v) is 6.43. The van der Waals surface area contributed by atoms with E-state index >= 15 is 0 Å². The van der Waals surface area contributed by atoms with E-state index in [9.17, 15) is 0 Å². The molecule has 1 heteroatoms. The van der Waals surface area contributed by atoms with E-state index in [0.717, 1.165) is 0 Å². The number of hydrogen-bond acceptors (Lipinski definition) is 0. The molecule has 42 valence electrons. The second kappa shape index (κ2) is 2.34. The Hall–Kier alpha value is -0.261. The van der Waals surface area contributed by atoms with Crippen molar-refractivity contribution in [2.45, 2.75) is 6.92 Å². The molecule has 0 spiro atoms. The molecule has 0 aliphatic rings. The van der Waals surface area contributed by atoms with Gasteiger partial charge in [-0.2, -0.15) is 0 Å². The van der Waals surface area contributed by atoms with Gasteiger partial charge in [0.2, 0.25) is 0 Å². The van der Waals surface area contributed by atoms with Gasteiger partial charge in [-0.25, -0.2) is 0 Å². The molecule has 1 rings (SSSR count). The number of benzene rings is 1. The Bertz CT molecular complexity index is 160. The fourth-order valence-corrected chi connectivity index (χ4v) is 0.864. The monoisotopic (exact) mass is 171 g/mol. The first kappa shape index (κ1) is 5.87. The standard InChI is InChI=1S/C7H8Se/c1-6-4-2-3-5-7(6)8/h2-5,8H,1H3/p-1. The van der Waals surface area contributed by atoms with Gasteiger partial charge >= 0.3 is 57.2 Å². The molecule has 1 aromatic rings. The number of rotatable bonds is 0. The Morgan fingerprint density at radius 2 is 1.88 bits per heavy atom. The molecule has 0 saturated carbocycles. The second-order valence-corrected chi connectivity index (χ2v) is 2.69. The van der Waals surface area contributed by atoms with Crippen molar-refractivity contribution >= 4 is 20.5 Å². The van der Waals surface area contributed by atoms with Gasteiger partial charge in [-0.05, 0) is 0 Å². The molecule has 0 atom stereocenters. The average Bonchev–Trinajstić information content (AvgIpc) is 1.77. The summed E-state index contributed by atoms with van der Waals surface area (Å²) in [5.41, 5.74) is 1.31. The molecule has 0 N–H and O–H groups in total. The van der Waals surface area contributed by atoms with Crippen molar-refractivity contribution in [1.29, 1.82) is 0 Å². The van der Waals surface area contributed by atoms with Gasteiger partial charge in [0.25, 0.3) is 0 Å². The van der Waals surface area contributed by atoms with Gasteiger partial charge < -0.3 is 0 Å². The Labute approximate surface area is 57.7 Å². The van der Waals surface area contributed by atoms with Gasteiger partial charge in [-0.1, -0.05) is 0 Å². The number of aryl methyl sites for hydroxylation is 1. The third-order valence-corrected chi connectivity index (χ3v) is 2.05. The van der Waals surface area contributed by atoms with Crippen LogP contribution in [0, 0.1) is 6.92 Å². The Kier molecular flexibility index (Phi) is 1.72.